The smallest absolute Gasteiger partial charge is 0.328 e. The molecule has 7 heteroatoms. The van der Waals surface area contributed by atoms with Gasteiger partial charge in [-0.15, -0.1) is 10.2 Å². The van der Waals surface area contributed by atoms with E-state index in [0.717, 1.165) is 6.08 Å². The maximum atomic E-state index is 10.3. The van der Waals surface area contributed by atoms with E-state index in [0.29, 0.717) is 15.1 Å². The molecule has 1 heterocycles. The zero-order chi connectivity index (χ0) is 13.1. The summed E-state index contributed by atoms with van der Waals surface area (Å²) in [4.78, 5) is 10.3. The fraction of sp³-hybridized carbons (Fsp3) is 0. The van der Waals surface area contributed by atoms with Crippen LogP contribution in [0.1, 0.15) is 5.89 Å². The Labute approximate surface area is 115 Å². The Balaban J connectivity index is 2.32. The van der Waals surface area contributed by atoms with Crippen LogP contribution < -0.4 is 0 Å². The number of carbonyl (C=O) groups is 1. The van der Waals surface area contributed by atoms with Crippen LogP contribution in [-0.2, 0) is 4.79 Å². The van der Waals surface area contributed by atoms with Crippen LogP contribution in [0.25, 0.3) is 17.5 Å². The maximum absolute atomic E-state index is 10.3. The van der Waals surface area contributed by atoms with Gasteiger partial charge in [0.15, 0.2) is 0 Å². The van der Waals surface area contributed by atoms with Crippen molar-refractivity contribution in [2.24, 2.45) is 0 Å². The molecular weight excluding hydrogens is 323 g/mol. The molecule has 1 aromatic heterocycles. The number of benzene rings is 1. The summed E-state index contributed by atoms with van der Waals surface area (Å²) in [6, 6.07) is 5.12. The van der Waals surface area contributed by atoms with Crippen LogP contribution in [0.4, 0.5) is 0 Å². The molecule has 0 aliphatic heterocycles. The van der Waals surface area contributed by atoms with E-state index in [1.54, 1.807) is 18.2 Å². The van der Waals surface area contributed by atoms with E-state index in [2.05, 4.69) is 26.1 Å². The standard InChI is InChI=1S/C11H6BrClN2O3/c12-8-5-6(13)1-2-7(8)11-15-14-9(18-11)3-4-10(16)17/h1-5H,(H,16,17)/b4-3+. The Morgan fingerprint density at radius 3 is 2.89 bits per heavy atom. The third kappa shape index (κ3) is 2.96. The highest BCUT2D eigenvalue weighted by Crippen LogP contribution is 2.29. The molecule has 0 saturated carbocycles. The van der Waals surface area contributed by atoms with Crippen molar-refractivity contribution in [1.82, 2.24) is 10.2 Å². The van der Waals surface area contributed by atoms with Crippen LogP contribution in [-0.4, -0.2) is 21.3 Å². The van der Waals surface area contributed by atoms with Gasteiger partial charge in [-0.05, 0) is 34.1 Å². The van der Waals surface area contributed by atoms with Gasteiger partial charge in [-0.25, -0.2) is 4.79 Å². The average Bonchev–Trinajstić information content (AvgIpc) is 2.75. The minimum absolute atomic E-state index is 0.120. The molecule has 0 radical (unpaired) electrons. The van der Waals surface area contributed by atoms with Crippen molar-refractivity contribution in [2.45, 2.75) is 0 Å². The number of carboxylic acid groups (broad SMARTS) is 1. The second-order valence-corrected chi connectivity index (χ2v) is 4.53. The van der Waals surface area contributed by atoms with E-state index >= 15 is 0 Å². The monoisotopic (exact) mass is 328 g/mol. The molecule has 0 bridgehead atoms. The van der Waals surface area contributed by atoms with Gasteiger partial charge in [0, 0.05) is 21.6 Å². The van der Waals surface area contributed by atoms with E-state index in [4.69, 9.17) is 21.1 Å². The van der Waals surface area contributed by atoms with Crippen LogP contribution in [0.2, 0.25) is 5.02 Å². The van der Waals surface area contributed by atoms with Gasteiger partial charge >= 0.3 is 5.97 Å². The minimum Gasteiger partial charge on any atom is -0.478 e. The van der Waals surface area contributed by atoms with Gasteiger partial charge in [0.2, 0.25) is 11.8 Å². The number of carboxylic acids is 1. The second-order valence-electron chi connectivity index (χ2n) is 3.24. The van der Waals surface area contributed by atoms with E-state index in [1.165, 1.54) is 6.08 Å². The van der Waals surface area contributed by atoms with Crippen molar-refractivity contribution in [1.29, 1.82) is 0 Å². The zero-order valence-electron chi connectivity index (χ0n) is 8.80. The zero-order valence-corrected chi connectivity index (χ0v) is 11.1. The summed E-state index contributed by atoms with van der Waals surface area (Å²) in [5.74, 6) is -0.680. The first kappa shape index (κ1) is 12.8. The van der Waals surface area contributed by atoms with Crippen LogP contribution in [0.3, 0.4) is 0 Å². The van der Waals surface area contributed by atoms with Crippen molar-refractivity contribution in [3.05, 3.63) is 39.7 Å². The molecule has 0 fully saturated rings. The van der Waals surface area contributed by atoms with Crippen molar-refractivity contribution in [2.75, 3.05) is 0 Å². The molecule has 0 aliphatic carbocycles. The van der Waals surface area contributed by atoms with Gasteiger partial charge < -0.3 is 9.52 Å². The minimum atomic E-state index is -1.08. The van der Waals surface area contributed by atoms with Crippen molar-refractivity contribution in [3.63, 3.8) is 0 Å². The first-order valence-electron chi connectivity index (χ1n) is 4.76. The number of hydrogen-bond donors (Lipinski definition) is 1. The van der Waals surface area contributed by atoms with Crippen molar-refractivity contribution >= 4 is 39.6 Å². The van der Waals surface area contributed by atoms with Gasteiger partial charge in [-0.1, -0.05) is 11.6 Å². The quantitative estimate of drug-likeness (QED) is 0.875. The van der Waals surface area contributed by atoms with Crippen LogP contribution >= 0.6 is 27.5 Å². The lowest BCUT2D eigenvalue weighted by atomic mass is 10.2. The molecule has 92 valence electrons. The molecule has 0 spiro atoms. The number of halogens is 2. The molecule has 0 saturated heterocycles. The molecule has 1 aromatic carbocycles. The molecule has 2 rings (SSSR count). The lowest BCUT2D eigenvalue weighted by molar-refractivity contribution is -0.131. The van der Waals surface area contributed by atoms with Crippen LogP contribution in [0, 0.1) is 0 Å². The van der Waals surface area contributed by atoms with Gasteiger partial charge in [-0.3, -0.25) is 0 Å². The van der Waals surface area contributed by atoms with E-state index < -0.39 is 5.97 Å². The van der Waals surface area contributed by atoms with Crippen LogP contribution in [0.15, 0.2) is 33.2 Å². The predicted octanol–water partition coefficient (Wildman–Crippen LogP) is 3.25. The van der Waals surface area contributed by atoms with Crippen molar-refractivity contribution < 1.29 is 14.3 Å². The third-order valence-corrected chi connectivity index (χ3v) is 2.86. The molecule has 0 amide bonds. The van der Waals surface area contributed by atoms with Gasteiger partial charge in [-0.2, -0.15) is 0 Å². The highest BCUT2D eigenvalue weighted by Gasteiger charge is 2.10. The molecule has 5 nitrogen and oxygen atoms in total. The third-order valence-electron chi connectivity index (χ3n) is 1.97. The van der Waals surface area contributed by atoms with Crippen LogP contribution in [0.5, 0.6) is 0 Å². The lowest BCUT2D eigenvalue weighted by Gasteiger charge is -1.98. The number of aromatic nitrogens is 2. The van der Waals surface area contributed by atoms with E-state index in [9.17, 15) is 4.79 Å². The summed E-state index contributed by atoms with van der Waals surface area (Å²) in [6.07, 6.45) is 2.15. The first-order chi connectivity index (χ1) is 8.56. The summed E-state index contributed by atoms with van der Waals surface area (Å²) in [5.41, 5.74) is 0.682. The summed E-state index contributed by atoms with van der Waals surface area (Å²) in [5, 5.41) is 16.6. The topological polar surface area (TPSA) is 76.2 Å². The Morgan fingerprint density at radius 2 is 2.22 bits per heavy atom. The van der Waals surface area contributed by atoms with E-state index in [1.807, 2.05) is 0 Å². The predicted molar refractivity (Wildman–Crippen MR) is 69.1 cm³/mol. The molecule has 2 aromatic rings. The number of rotatable bonds is 3. The highest BCUT2D eigenvalue weighted by atomic mass is 79.9. The molecule has 0 atom stereocenters. The first-order valence-corrected chi connectivity index (χ1v) is 5.93. The summed E-state index contributed by atoms with van der Waals surface area (Å²) in [7, 11) is 0. The highest BCUT2D eigenvalue weighted by molar-refractivity contribution is 9.10. The van der Waals surface area contributed by atoms with Crippen molar-refractivity contribution in [3.8, 4) is 11.5 Å². The number of nitrogens with zero attached hydrogens (tertiary/aromatic N) is 2. The van der Waals surface area contributed by atoms with Gasteiger partial charge in [0.05, 0.1) is 5.56 Å². The Hall–Kier alpha value is -1.66. The number of hydrogen-bond acceptors (Lipinski definition) is 4. The molecule has 0 aliphatic rings. The molecule has 0 unspecified atom stereocenters. The largest absolute Gasteiger partial charge is 0.478 e. The van der Waals surface area contributed by atoms with Gasteiger partial charge in [0.1, 0.15) is 0 Å². The molecule has 1 N–H and O–H groups in total. The normalized spacial score (nSPS) is 11.0. The summed E-state index contributed by atoms with van der Waals surface area (Å²) >= 11 is 9.15. The SMILES string of the molecule is O=C(O)/C=C/c1nnc(-c2ccc(Cl)cc2Br)o1. The second kappa shape index (κ2) is 5.32. The Morgan fingerprint density at radius 1 is 1.44 bits per heavy atom. The Kier molecular flexibility index (Phi) is 3.78. The maximum Gasteiger partial charge on any atom is 0.328 e. The average molecular weight is 330 g/mol. The Bertz CT molecular complexity index is 625. The van der Waals surface area contributed by atoms with E-state index in [-0.39, 0.29) is 11.8 Å². The fourth-order valence-electron chi connectivity index (χ4n) is 1.22. The number of aliphatic carboxylic acids is 1. The lowest BCUT2D eigenvalue weighted by Crippen LogP contribution is -1.85. The fourth-order valence-corrected chi connectivity index (χ4v) is 2.07. The molecular formula is C11H6BrClN2O3. The molecule has 18 heavy (non-hydrogen) atoms. The summed E-state index contributed by atoms with van der Waals surface area (Å²) < 4.78 is 6.01. The summed E-state index contributed by atoms with van der Waals surface area (Å²) in [6.45, 7) is 0. The van der Waals surface area contributed by atoms with Gasteiger partial charge in [0.25, 0.3) is 0 Å².